The van der Waals surface area contributed by atoms with Gasteiger partial charge in [-0.05, 0) is 42.0 Å². The summed E-state index contributed by atoms with van der Waals surface area (Å²) in [6, 6.07) is 18.8. The topological polar surface area (TPSA) is 130 Å². The second-order valence-electron chi connectivity index (χ2n) is 8.12. The highest BCUT2D eigenvalue weighted by atomic mass is 32.2. The average Bonchev–Trinajstić information content (AvgIpc) is 3.50. The Hall–Kier alpha value is -4.66. The third-order valence-corrected chi connectivity index (χ3v) is 7.70. The first-order valence-electron chi connectivity index (χ1n) is 11.3. The number of nitro groups is 1. The van der Waals surface area contributed by atoms with Crippen molar-refractivity contribution in [3.05, 3.63) is 110 Å². The van der Waals surface area contributed by atoms with Crippen molar-refractivity contribution in [2.75, 3.05) is 6.54 Å². The molecule has 2 amide bonds. The van der Waals surface area contributed by atoms with Crippen LogP contribution >= 0.6 is 23.1 Å². The van der Waals surface area contributed by atoms with Crippen molar-refractivity contribution in [2.24, 2.45) is 0 Å². The number of imide groups is 1. The maximum Gasteiger partial charge on any atom is 0.270 e. The van der Waals surface area contributed by atoms with Crippen molar-refractivity contribution in [2.45, 2.75) is 16.3 Å². The summed E-state index contributed by atoms with van der Waals surface area (Å²) in [5.74, 6) is -0.662. The number of non-ortho nitro benzene ring substituents is 1. The number of nitrogens with zero attached hydrogens (tertiary/aromatic N) is 5. The molecule has 11 heteroatoms. The second-order valence-corrected chi connectivity index (χ2v) is 10.0. The Bertz CT molecular complexity index is 1610. The summed E-state index contributed by atoms with van der Waals surface area (Å²) in [7, 11) is 0. The number of aromatic nitrogens is 2. The Kier molecular flexibility index (Phi) is 7.08. The van der Waals surface area contributed by atoms with Crippen LogP contribution in [0.5, 0.6) is 0 Å². The van der Waals surface area contributed by atoms with E-state index in [1.807, 2.05) is 12.1 Å². The van der Waals surface area contributed by atoms with Crippen molar-refractivity contribution in [3.8, 4) is 6.07 Å². The van der Waals surface area contributed by atoms with Crippen molar-refractivity contribution < 1.29 is 14.5 Å². The summed E-state index contributed by atoms with van der Waals surface area (Å²) in [4.78, 5) is 46.9. The molecule has 4 aromatic rings. The van der Waals surface area contributed by atoms with Gasteiger partial charge < -0.3 is 0 Å². The first kappa shape index (κ1) is 25.0. The zero-order chi connectivity index (χ0) is 26.6. The van der Waals surface area contributed by atoms with E-state index in [4.69, 9.17) is 0 Å². The Labute approximate surface area is 225 Å². The number of benzene rings is 2. The number of rotatable bonds is 8. The number of carbonyl (C=O) groups is 2. The highest BCUT2D eigenvalue weighted by molar-refractivity contribution is 7.99. The number of allylic oxidation sites excluding steroid dienone is 1. The number of fused-ring (bicyclic) bond motifs is 1. The van der Waals surface area contributed by atoms with E-state index in [-0.39, 0.29) is 29.6 Å². The van der Waals surface area contributed by atoms with E-state index in [0.717, 1.165) is 0 Å². The van der Waals surface area contributed by atoms with Crippen LogP contribution in [0.4, 0.5) is 5.69 Å². The molecule has 3 heterocycles. The number of carbonyl (C=O) groups excluding carboxylic acids is 2. The second kappa shape index (κ2) is 10.8. The van der Waals surface area contributed by atoms with E-state index in [1.54, 1.807) is 54.1 Å². The minimum absolute atomic E-state index is 0.0975. The molecular formula is C27H17N5O4S2. The molecule has 0 atom stereocenters. The number of hydrogen-bond donors (Lipinski definition) is 0. The number of hydrogen-bond acceptors (Lipinski definition) is 9. The first-order chi connectivity index (χ1) is 18.4. The van der Waals surface area contributed by atoms with Gasteiger partial charge in [-0.3, -0.25) is 24.6 Å². The van der Waals surface area contributed by atoms with Crippen LogP contribution in [0.1, 0.15) is 37.0 Å². The van der Waals surface area contributed by atoms with Crippen LogP contribution in [0.25, 0.3) is 11.6 Å². The van der Waals surface area contributed by atoms with Crippen LogP contribution in [0, 0.1) is 21.4 Å². The van der Waals surface area contributed by atoms with Crippen molar-refractivity contribution >= 4 is 52.2 Å². The fourth-order valence-electron chi connectivity index (χ4n) is 3.89. The monoisotopic (exact) mass is 539 g/mol. The highest BCUT2D eigenvalue weighted by Gasteiger charge is 2.34. The zero-order valence-electron chi connectivity index (χ0n) is 19.6. The molecule has 0 saturated carbocycles. The molecule has 0 saturated heterocycles. The molecule has 0 bridgehead atoms. The zero-order valence-corrected chi connectivity index (χ0v) is 21.2. The number of pyridine rings is 1. The van der Waals surface area contributed by atoms with Gasteiger partial charge in [0.05, 0.1) is 27.3 Å². The van der Waals surface area contributed by atoms with Gasteiger partial charge in [0.25, 0.3) is 17.5 Å². The van der Waals surface area contributed by atoms with Crippen LogP contribution in [0.15, 0.2) is 82.2 Å². The van der Waals surface area contributed by atoms with E-state index in [1.165, 1.54) is 40.1 Å². The van der Waals surface area contributed by atoms with Gasteiger partial charge in [-0.1, -0.05) is 30.0 Å². The van der Waals surface area contributed by atoms with Gasteiger partial charge in [0.1, 0.15) is 16.1 Å². The van der Waals surface area contributed by atoms with Gasteiger partial charge in [0.2, 0.25) is 0 Å². The lowest BCUT2D eigenvalue weighted by Crippen LogP contribution is -2.31. The summed E-state index contributed by atoms with van der Waals surface area (Å²) >= 11 is 2.58. The van der Waals surface area contributed by atoms with E-state index in [9.17, 15) is 25.0 Å². The molecule has 38 heavy (non-hydrogen) atoms. The molecule has 0 radical (unpaired) electrons. The lowest BCUT2D eigenvalue weighted by molar-refractivity contribution is -0.384. The maximum atomic E-state index is 12.6. The van der Waals surface area contributed by atoms with E-state index in [2.05, 4.69) is 16.0 Å². The minimum atomic E-state index is -0.487. The lowest BCUT2D eigenvalue weighted by Gasteiger charge is -2.12. The molecule has 9 nitrogen and oxygen atoms in total. The normalized spacial score (nSPS) is 12.9. The van der Waals surface area contributed by atoms with E-state index in [0.29, 0.717) is 43.7 Å². The SMILES string of the molecule is N#C/C(=C/c1cc([N+](=O)[O-])ccc1Sc1ccccn1)c1nc(CCN2C(=O)c3ccccc3C2=O)cs1. The van der Waals surface area contributed by atoms with Crippen LogP contribution in [0.2, 0.25) is 0 Å². The summed E-state index contributed by atoms with van der Waals surface area (Å²) < 4.78 is 0. The summed E-state index contributed by atoms with van der Waals surface area (Å²) in [6.07, 6.45) is 3.56. The summed E-state index contributed by atoms with van der Waals surface area (Å²) in [5, 5.41) is 24.2. The largest absolute Gasteiger partial charge is 0.274 e. The van der Waals surface area contributed by atoms with E-state index < -0.39 is 4.92 Å². The number of nitro benzene ring substituents is 1. The number of nitriles is 1. The molecule has 1 aliphatic heterocycles. The molecule has 2 aromatic heterocycles. The molecule has 5 rings (SSSR count). The van der Waals surface area contributed by atoms with Gasteiger partial charge in [-0.25, -0.2) is 9.97 Å². The standard InChI is InChI=1S/C27H17N5O4S2/c28-15-18(13-17-14-20(32(35)36)8-9-23(17)38-24-7-3-4-11-29-24)25-30-19(16-37-25)10-12-31-26(33)21-5-1-2-6-22(21)27(31)34/h1-9,11,13-14,16H,10,12H2/b18-13-. The Balaban J connectivity index is 1.37. The maximum absolute atomic E-state index is 12.6. The molecule has 0 spiro atoms. The Morgan fingerprint density at radius 2 is 1.84 bits per heavy atom. The minimum Gasteiger partial charge on any atom is -0.274 e. The van der Waals surface area contributed by atoms with Crippen LogP contribution < -0.4 is 0 Å². The lowest BCUT2D eigenvalue weighted by atomic mass is 10.1. The number of thiazole rings is 1. The van der Waals surface area contributed by atoms with Crippen LogP contribution in [-0.4, -0.2) is 38.2 Å². The molecule has 0 unspecified atom stereocenters. The predicted octanol–water partition coefficient (Wildman–Crippen LogP) is 5.50. The molecule has 0 N–H and O–H groups in total. The third kappa shape index (κ3) is 5.08. The predicted molar refractivity (Wildman–Crippen MR) is 143 cm³/mol. The average molecular weight is 540 g/mol. The molecule has 1 aliphatic rings. The Morgan fingerprint density at radius 3 is 2.50 bits per heavy atom. The molecule has 0 fully saturated rings. The molecule has 0 aliphatic carbocycles. The van der Waals surface area contributed by atoms with Crippen molar-refractivity contribution in [1.82, 2.24) is 14.9 Å². The quantitative estimate of drug-likeness (QED) is 0.124. The van der Waals surface area contributed by atoms with Gasteiger partial charge in [0.15, 0.2) is 0 Å². The summed E-state index contributed by atoms with van der Waals surface area (Å²) in [6.45, 7) is 0.164. The molecular weight excluding hydrogens is 522 g/mol. The first-order valence-corrected chi connectivity index (χ1v) is 13.0. The van der Waals surface area contributed by atoms with Crippen molar-refractivity contribution in [3.63, 3.8) is 0 Å². The van der Waals surface area contributed by atoms with Gasteiger partial charge in [0, 0.05) is 41.6 Å². The van der Waals surface area contributed by atoms with Gasteiger partial charge in [-0.15, -0.1) is 11.3 Å². The molecule has 2 aromatic carbocycles. The van der Waals surface area contributed by atoms with E-state index >= 15 is 0 Å². The van der Waals surface area contributed by atoms with Crippen LogP contribution in [0.3, 0.4) is 0 Å². The fourth-order valence-corrected chi connectivity index (χ4v) is 5.56. The fraction of sp³-hybridized carbons (Fsp3) is 0.0741. The Morgan fingerprint density at radius 1 is 1.11 bits per heavy atom. The van der Waals surface area contributed by atoms with Gasteiger partial charge in [-0.2, -0.15) is 5.26 Å². The third-order valence-electron chi connectivity index (χ3n) is 5.73. The smallest absolute Gasteiger partial charge is 0.270 e. The highest BCUT2D eigenvalue weighted by Crippen LogP contribution is 2.34. The van der Waals surface area contributed by atoms with Crippen LogP contribution in [-0.2, 0) is 6.42 Å². The van der Waals surface area contributed by atoms with Crippen molar-refractivity contribution in [1.29, 1.82) is 5.26 Å². The van der Waals surface area contributed by atoms with Gasteiger partial charge >= 0.3 is 0 Å². The number of amides is 2. The molecule has 186 valence electrons. The summed E-state index contributed by atoms with van der Waals surface area (Å²) in [5.41, 5.74) is 2.05.